The standard InChI is InChI=1S/C21H22N2O4/c1-27-20(26)13-11-17-16-4-2-3-5-18(16)22-21(17)23-19(25)12-8-14-6-9-15(24)10-7-14/h2-7,9-10,22,24H,8,11-13H2,1H3,(H,23,25). The monoisotopic (exact) mass is 366 g/mol. The first-order chi connectivity index (χ1) is 13.1. The van der Waals surface area contributed by atoms with Crippen LogP contribution in [0.15, 0.2) is 48.5 Å². The molecule has 2 aromatic carbocycles. The molecule has 0 aliphatic rings. The number of fused-ring (bicyclic) bond motifs is 1. The maximum absolute atomic E-state index is 12.4. The minimum absolute atomic E-state index is 0.117. The summed E-state index contributed by atoms with van der Waals surface area (Å²) in [4.78, 5) is 27.2. The summed E-state index contributed by atoms with van der Waals surface area (Å²) in [5.41, 5.74) is 2.78. The number of hydrogen-bond donors (Lipinski definition) is 3. The number of phenols is 1. The fourth-order valence-electron chi connectivity index (χ4n) is 3.02. The average Bonchev–Trinajstić information content (AvgIpc) is 3.02. The van der Waals surface area contributed by atoms with Gasteiger partial charge >= 0.3 is 5.97 Å². The largest absolute Gasteiger partial charge is 0.508 e. The Kier molecular flexibility index (Phi) is 5.76. The zero-order chi connectivity index (χ0) is 19.2. The summed E-state index contributed by atoms with van der Waals surface area (Å²) < 4.78 is 4.72. The molecular formula is C21H22N2O4. The van der Waals surface area contributed by atoms with Gasteiger partial charge in [-0.2, -0.15) is 0 Å². The Bertz CT molecular complexity index is 944. The quantitative estimate of drug-likeness (QED) is 0.558. The van der Waals surface area contributed by atoms with Crippen LogP contribution in [-0.4, -0.2) is 29.1 Å². The van der Waals surface area contributed by atoms with E-state index >= 15 is 0 Å². The van der Waals surface area contributed by atoms with E-state index in [9.17, 15) is 14.7 Å². The van der Waals surface area contributed by atoms with E-state index in [2.05, 4.69) is 10.3 Å². The number of rotatable bonds is 7. The van der Waals surface area contributed by atoms with Gasteiger partial charge in [-0.1, -0.05) is 30.3 Å². The number of hydrogen-bond acceptors (Lipinski definition) is 4. The maximum Gasteiger partial charge on any atom is 0.305 e. The topological polar surface area (TPSA) is 91.4 Å². The number of ether oxygens (including phenoxy) is 1. The number of phenolic OH excluding ortho intramolecular Hbond substituents is 1. The summed E-state index contributed by atoms with van der Waals surface area (Å²) in [7, 11) is 1.36. The number of amides is 1. The Hall–Kier alpha value is -3.28. The number of aromatic amines is 1. The molecule has 0 fully saturated rings. The fraction of sp³-hybridized carbons (Fsp3) is 0.238. The third-order valence-corrected chi connectivity index (χ3v) is 4.46. The van der Waals surface area contributed by atoms with Crippen LogP contribution in [-0.2, 0) is 27.2 Å². The van der Waals surface area contributed by atoms with Crippen LogP contribution < -0.4 is 5.32 Å². The van der Waals surface area contributed by atoms with E-state index in [0.29, 0.717) is 25.1 Å². The molecule has 0 bridgehead atoms. The van der Waals surface area contributed by atoms with Crippen molar-refractivity contribution in [2.45, 2.75) is 25.7 Å². The SMILES string of the molecule is COC(=O)CCc1c(NC(=O)CCc2ccc(O)cc2)[nH]c2ccccc12. The zero-order valence-electron chi connectivity index (χ0n) is 15.1. The maximum atomic E-state index is 12.4. The van der Waals surface area contributed by atoms with Gasteiger partial charge in [0.2, 0.25) is 5.91 Å². The molecule has 1 aromatic heterocycles. The summed E-state index contributed by atoms with van der Waals surface area (Å²) in [5.74, 6) is 0.422. The number of nitrogens with one attached hydrogen (secondary N) is 2. The second kappa shape index (κ2) is 8.40. The lowest BCUT2D eigenvalue weighted by Gasteiger charge is -2.07. The van der Waals surface area contributed by atoms with Gasteiger partial charge in [-0.25, -0.2) is 0 Å². The molecule has 1 amide bonds. The molecule has 3 N–H and O–H groups in total. The Balaban J connectivity index is 1.71. The van der Waals surface area contributed by atoms with Crippen LogP contribution >= 0.6 is 0 Å². The molecule has 3 rings (SSSR count). The minimum Gasteiger partial charge on any atom is -0.508 e. The minimum atomic E-state index is -0.287. The molecule has 0 spiro atoms. The highest BCUT2D eigenvalue weighted by molar-refractivity contribution is 5.97. The van der Waals surface area contributed by atoms with Crippen molar-refractivity contribution in [3.05, 3.63) is 59.7 Å². The molecule has 0 aliphatic carbocycles. The number of aryl methyl sites for hydroxylation is 2. The molecule has 0 unspecified atom stereocenters. The predicted octanol–water partition coefficient (Wildman–Crippen LogP) is 3.55. The van der Waals surface area contributed by atoms with Crippen molar-refractivity contribution < 1.29 is 19.4 Å². The van der Waals surface area contributed by atoms with Crippen molar-refractivity contribution in [2.75, 3.05) is 12.4 Å². The highest BCUT2D eigenvalue weighted by Crippen LogP contribution is 2.28. The number of aromatic nitrogens is 1. The van der Waals surface area contributed by atoms with E-state index in [4.69, 9.17) is 4.74 Å². The number of aromatic hydroxyl groups is 1. The number of methoxy groups -OCH3 is 1. The Morgan fingerprint density at radius 3 is 2.52 bits per heavy atom. The van der Waals surface area contributed by atoms with E-state index < -0.39 is 0 Å². The van der Waals surface area contributed by atoms with Crippen LogP contribution in [0.3, 0.4) is 0 Å². The molecule has 0 radical (unpaired) electrons. The number of anilines is 1. The van der Waals surface area contributed by atoms with E-state index in [-0.39, 0.29) is 24.0 Å². The highest BCUT2D eigenvalue weighted by atomic mass is 16.5. The molecule has 0 saturated carbocycles. The van der Waals surface area contributed by atoms with Crippen LogP contribution in [0.25, 0.3) is 10.9 Å². The van der Waals surface area contributed by atoms with Crippen LogP contribution in [0.4, 0.5) is 5.82 Å². The van der Waals surface area contributed by atoms with Gasteiger partial charge in [0, 0.05) is 29.3 Å². The normalized spacial score (nSPS) is 10.7. The molecule has 0 saturated heterocycles. The predicted molar refractivity (Wildman–Crippen MR) is 104 cm³/mol. The summed E-state index contributed by atoms with van der Waals surface area (Å²) >= 11 is 0. The summed E-state index contributed by atoms with van der Waals surface area (Å²) in [5, 5.41) is 13.2. The number of carbonyl (C=O) groups excluding carboxylic acids is 2. The molecule has 0 aliphatic heterocycles. The van der Waals surface area contributed by atoms with Gasteiger partial charge in [-0.15, -0.1) is 0 Å². The van der Waals surface area contributed by atoms with Gasteiger partial charge < -0.3 is 20.1 Å². The first-order valence-electron chi connectivity index (χ1n) is 8.81. The fourth-order valence-corrected chi connectivity index (χ4v) is 3.02. The Labute approximate surface area is 157 Å². The smallest absolute Gasteiger partial charge is 0.305 e. The van der Waals surface area contributed by atoms with E-state index in [1.807, 2.05) is 24.3 Å². The van der Waals surface area contributed by atoms with Crippen molar-refractivity contribution in [1.82, 2.24) is 4.98 Å². The van der Waals surface area contributed by atoms with Gasteiger partial charge in [0.25, 0.3) is 0 Å². The van der Waals surface area contributed by atoms with Crippen LogP contribution in [0, 0.1) is 0 Å². The number of H-pyrrole nitrogens is 1. The van der Waals surface area contributed by atoms with Gasteiger partial charge in [0.1, 0.15) is 11.6 Å². The molecule has 6 nitrogen and oxygen atoms in total. The van der Waals surface area contributed by atoms with E-state index in [0.717, 1.165) is 22.0 Å². The van der Waals surface area contributed by atoms with Crippen LogP contribution in [0.5, 0.6) is 5.75 Å². The number of para-hydroxylation sites is 1. The van der Waals surface area contributed by atoms with Crippen molar-refractivity contribution >= 4 is 28.6 Å². The highest BCUT2D eigenvalue weighted by Gasteiger charge is 2.15. The van der Waals surface area contributed by atoms with Gasteiger partial charge in [-0.05, 0) is 36.6 Å². The molecular weight excluding hydrogens is 344 g/mol. The van der Waals surface area contributed by atoms with Crippen molar-refractivity contribution in [2.24, 2.45) is 0 Å². The third-order valence-electron chi connectivity index (χ3n) is 4.46. The third kappa shape index (κ3) is 4.67. The van der Waals surface area contributed by atoms with E-state index in [1.165, 1.54) is 7.11 Å². The average molecular weight is 366 g/mol. The molecule has 27 heavy (non-hydrogen) atoms. The van der Waals surface area contributed by atoms with Crippen molar-refractivity contribution in [1.29, 1.82) is 0 Å². The van der Waals surface area contributed by atoms with E-state index in [1.54, 1.807) is 24.3 Å². The zero-order valence-corrected chi connectivity index (χ0v) is 15.1. The Morgan fingerprint density at radius 1 is 1.04 bits per heavy atom. The van der Waals surface area contributed by atoms with Crippen LogP contribution in [0.2, 0.25) is 0 Å². The first-order valence-corrected chi connectivity index (χ1v) is 8.81. The summed E-state index contributed by atoms with van der Waals surface area (Å²) in [6, 6.07) is 14.5. The van der Waals surface area contributed by atoms with Crippen LogP contribution in [0.1, 0.15) is 24.0 Å². The summed E-state index contributed by atoms with van der Waals surface area (Å²) in [6.45, 7) is 0. The lowest BCUT2D eigenvalue weighted by Crippen LogP contribution is -2.14. The Morgan fingerprint density at radius 2 is 1.78 bits per heavy atom. The van der Waals surface area contributed by atoms with Crippen molar-refractivity contribution in [3.63, 3.8) is 0 Å². The molecule has 0 atom stereocenters. The molecule has 140 valence electrons. The molecule has 1 heterocycles. The lowest BCUT2D eigenvalue weighted by atomic mass is 10.1. The van der Waals surface area contributed by atoms with Crippen molar-refractivity contribution in [3.8, 4) is 5.75 Å². The second-order valence-corrected chi connectivity index (χ2v) is 6.31. The molecule has 3 aromatic rings. The number of esters is 1. The lowest BCUT2D eigenvalue weighted by molar-refractivity contribution is -0.140. The molecule has 6 heteroatoms. The summed E-state index contributed by atoms with van der Waals surface area (Å²) in [6.07, 6.45) is 1.61. The van der Waals surface area contributed by atoms with Gasteiger partial charge in [0.05, 0.1) is 7.11 Å². The number of carbonyl (C=O) groups is 2. The second-order valence-electron chi connectivity index (χ2n) is 6.31. The first kappa shape index (κ1) is 18.5. The van der Waals surface area contributed by atoms with Gasteiger partial charge in [-0.3, -0.25) is 9.59 Å². The van der Waals surface area contributed by atoms with Gasteiger partial charge in [0.15, 0.2) is 0 Å². The number of benzene rings is 2.